The van der Waals surface area contributed by atoms with E-state index in [1.807, 2.05) is 13.0 Å². The number of allylic oxidation sites excluding steroid dienone is 3. The number of hydrogen-bond acceptors (Lipinski definition) is 5. The van der Waals surface area contributed by atoms with Gasteiger partial charge in [0.25, 0.3) is 5.69 Å². The Hall–Kier alpha value is -2.76. The third-order valence-electron chi connectivity index (χ3n) is 4.01. The molecule has 0 saturated carbocycles. The first-order valence-corrected chi connectivity index (χ1v) is 7.44. The fourth-order valence-electron chi connectivity index (χ4n) is 2.85. The number of benzene rings is 1. The lowest BCUT2D eigenvalue weighted by atomic mass is 9.85. The normalized spacial score (nSPS) is 17.2. The molecule has 0 bridgehead atoms. The Morgan fingerprint density at radius 2 is 1.96 bits per heavy atom. The van der Waals surface area contributed by atoms with Crippen LogP contribution in [-0.2, 0) is 14.2 Å². The summed E-state index contributed by atoms with van der Waals surface area (Å²) >= 11 is 0. The third kappa shape index (κ3) is 3.27. The van der Waals surface area contributed by atoms with Crippen LogP contribution in [0.2, 0.25) is 0 Å². The molecule has 1 aromatic carbocycles. The van der Waals surface area contributed by atoms with Crippen LogP contribution in [0.5, 0.6) is 0 Å². The molecule has 0 fully saturated rings. The predicted octanol–water partition coefficient (Wildman–Crippen LogP) is 4.15. The van der Waals surface area contributed by atoms with Crippen molar-refractivity contribution in [2.24, 2.45) is 0 Å². The van der Waals surface area contributed by atoms with Crippen LogP contribution in [0.3, 0.4) is 0 Å². The van der Waals surface area contributed by atoms with Gasteiger partial charge in [-0.2, -0.15) is 0 Å². The molecule has 6 nitrogen and oxygen atoms in total. The van der Waals surface area contributed by atoms with E-state index < -0.39 is 4.92 Å². The molecule has 0 saturated heterocycles. The zero-order chi connectivity index (χ0) is 17.9. The number of nitro groups is 1. The van der Waals surface area contributed by atoms with E-state index >= 15 is 0 Å². The van der Waals surface area contributed by atoms with Gasteiger partial charge in [0.1, 0.15) is 5.76 Å². The summed E-state index contributed by atoms with van der Waals surface area (Å²) in [7, 11) is 4.71. The molecule has 0 amide bonds. The van der Waals surface area contributed by atoms with Crippen molar-refractivity contribution in [3.8, 4) is 0 Å². The number of nitro benzene ring substituents is 1. The Bertz CT molecular complexity index is 733. The van der Waals surface area contributed by atoms with Gasteiger partial charge in [0.05, 0.1) is 26.3 Å². The molecule has 0 radical (unpaired) electrons. The van der Waals surface area contributed by atoms with Crippen LogP contribution in [0.25, 0.3) is 5.57 Å². The molecule has 128 valence electrons. The van der Waals surface area contributed by atoms with Crippen LogP contribution in [-0.4, -0.2) is 26.3 Å². The number of rotatable bonds is 6. The van der Waals surface area contributed by atoms with E-state index in [4.69, 9.17) is 14.2 Å². The molecule has 0 aliphatic heterocycles. The zero-order valence-corrected chi connectivity index (χ0v) is 14.3. The van der Waals surface area contributed by atoms with Gasteiger partial charge in [-0.25, -0.2) is 0 Å². The molecule has 0 aromatic heterocycles. The first-order valence-electron chi connectivity index (χ1n) is 7.44. The smallest absolute Gasteiger partial charge is 0.270 e. The summed E-state index contributed by atoms with van der Waals surface area (Å²) in [5.41, 5.74) is 2.51. The highest BCUT2D eigenvalue weighted by atomic mass is 16.6. The summed E-state index contributed by atoms with van der Waals surface area (Å²) in [5.74, 6) is 1.76. The molecule has 1 atom stereocenters. The largest absolute Gasteiger partial charge is 0.497 e. The number of nitrogens with zero attached hydrogens (tertiary/aromatic N) is 1. The van der Waals surface area contributed by atoms with Crippen molar-refractivity contribution in [3.05, 3.63) is 69.4 Å². The maximum Gasteiger partial charge on any atom is 0.270 e. The molecule has 1 aliphatic rings. The number of non-ortho nitro benzene ring substituents is 1. The topological polar surface area (TPSA) is 70.8 Å². The van der Waals surface area contributed by atoms with E-state index in [2.05, 4.69) is 6.58 Å². The molecular formula is C18H21NO5. The maximum atomic E-state index is 11.0. The fourth-order valence-corrected chi connectivity index (χ4v) is 2.85. The molecule has 2 rings (SSSR count). The molecule has 1 aliphatic carbocycles. The molecule has 1 unspecified atom stereocenters. The van der Waals surface area contributed by atoms with Crippen LogP contribution in [0, 0.1) is 10.1 Å². The summed E-state index contributed by atoms with van der Waals surface area (Å²) in [6, 6.07) is 4.83. The van der Waals surface area contributed by atoms with Crippen LogP contribution in [0.1, 0.15) is 30.4 Å². The minimum absolute atomic E-state index is 0.0450. The Morgan fingerprint density at radius 3 is 2.46 bits per heavy atom. The monoisotopic (exact) mass is 331 g/mol. The van der Waals surface area contributed by atoms with Crippen molar-refractivity contribution in [2.45, 2.75) is 19.3 Å². The highest BCUT2D eigenvalue weighted by Crippen LogP contribution is 2.39. The third-order valence-corrected chi connectivity index (χ3v) is 4.01. The summed E-state index contributed by atoms with van der Waals surface area (Å²) in [4.78, 5) is 10.6. The van der Waals surface area contributed by atoms with Crippen molar-refractivity contribution < 1.29 is 19.1 Å². The van der Waals surface area contributed by atoms with E-state index in [1.54, 1.807) is 33.5 Å². The second-order valence-corrected chi connectivity index (χ2v) is 5.52. The second kappa shape index (κ2) is 7.21. The number of ether oxygens (including phenoxy) is 3. The number of hydrogen-bond donors (Lipinski definition) is 0. The van der Waals surface area contributed by atoms with Crippen molar-refractivity contribution in [1.29, 1.82) is 0 Å². The molecule has 6 heteroatoms. The first-order chi connectivity index (χ1) is 11.4. The molecule has 24 heavy (non-hydrogen) atoms. The standard InChI is InChI=1S/C18H21NO5/c1-11(2)15-10-13(19(20)21)6-7-14(15)12-8-16(22-3)18(24-5)17(9-12)23-4/h6-8,10,12H,1,9H2,2-5H3. The highest BCUT2D eigenvalue weighted by Gasteiger charge is 2.28. The first kappa shape index (κ1) is 17.6. The minimum Gasteiger partial charge on any atom is -0.497 e. The van der Waals surface area contributed by atoms with Gasteiger partial charge in [-0.1, -0.05) is 18.2 Å². The zero-order valence-electron chi connectivity index (χ0n) is 14.3. The van der Waals surface area contributed by atoms with Gasteiger partial charge < -0.3 is 14.2 Å². The summed E-state index contributed by atoms with van der Waals surface area (Å²) in [6.45, 7) is 5.78. The summed E-state index contributed by atoms with van der Waals surface area (Å²) < 4.78 is 16.2. The Morgan fingerprint density at radius 1 is 1.25 bits per heavy atom. The van der Waals surface area contributed by atoms with Crippen LogP contribution in [0.15, 0.2) is 48.1 Å². The molecule has 0 heterocycles. The lowest BCUT2D eigenvalue weighted by molar-refractivity contribution is -0.384. The predicted molar refractivity (Wildman–Crippen MR) is 91.3 cm³/mol. The molecule has 0 N–H and O–H groups in total. The molecule has 0 spiro atoms. The Kier molecular flexibility index (Phi) is 5.28. The van der Waals surface area contributed by atoms with Gasteiger partial charge in [-0.15, -0.1) is 0 Å². The van der Waals surface area contributed by atoms with Crippen molar-refractivity contribution in [2.75, 3.05) is 21.3 Å². The SMILES string of the molecule is C=C(C)c1cc([N+](=O)[O-])ccc1C1C=C(OC)C(OC)=C(OC)C1. The van der Waals surface area contributed by atoms with Gasteiger partial charge in [-0.3, -0.25) is 10.1 Å². The average Bonchev–Trinajstić information content (AvgIpc) is 2.59. The summed E-state index contributed by atoms with van der Waals surface area (Å²) in [6.07, 6.45) is 2.51. The second-order valence-electron chi connectivity index (χ2n) is 5.52. The van der Waals surface area contributed by atoms with Crippen molar-refractivity contribution in [1.82, 2.24) is 0 Å². The lowest BCUT2D eigenvalue weighted by Gasteiger charge is -2.26. The van der Waals surface area contributed by atoms with Crippen LogP contribution >= 0.6 is 0 Å². The Balaban J connectivity index is 2.53. The maximum absolute atomic E-state index is 11.0. The van der Waals surface area contributed by atoms with E-state index in [0.29, 0.717) is 23.7 Å². The molecule has 1 aromatic rings. The van der Waals surface area contributed by atoms with Gasteiger partial charge in [0.2, 0.25) is 0 Å². The fraction of sp³-hybridized carbons (Fsp3) is 0.333. The van der Waals surface area contributed by atoms with Crippen LogP contribution in [0.4, 0.5) is 5.69 Å². The van der Waals surface area contributed by atoms with Gasteiger partial charge in [0.15, 0.2) is 11.5 Å². The average molecular weight is 331 g/mol. The molecular weight excluding hydrogens is 310 g/mol. The Labute approximate surface area is 141 Å². The van der Waals surface area contributed by atoms with E-state index in [9.17, 15) is 10.1 Å². The quantitative estimate of drug-likeness (QED) is 0.578. The van der Waals surface area contributed by atoms with Gasteiger partial charge in [-0.05, 0) is 24.1 Å². The van der Waals surface area contributed by atoms with Gasteiger partial charge in [0, 0.05) is 24.5 Å². The van der Waals surface area contributed by atoms with E-state index in [0.717, 1.165) is 16.7 Å². The lowest BCUT2D eigenvalue weighted by Crippen LogP contribution is -2.13. The van der Waals surface area contributed by atoms with E-state index in [-0.39, 0.29) is 11.6 Å². The van der Waals surface area contributed by atoms with Crippen molar-refractivity contribution in [3.63, 3.8) is 0 Å². The minimum atomic E-state index is -0.406. The van der Waals surface area contributed by atoms with E-state index in [1.165, 1.54) is 6.07 Å². The number of methoxy groups -OCH3 is 3. The van der Waals surface area contributed by atoms with Gasteiger partial charge >= 0.3 is 0 Å². The summed E-state index contributed by atoms with van der Waals surface area (Å²) in [5, 5.41) is 11.0. The van der Waals surface area contributed by atoms with Crippen molar-refractivity contribution >= 4 is 11.3 Å². The highest BCUT2D eigenvalue weighted by molar-refractivity contribution is 5.68. The van der Waals surface area contributed by atoms with Crippen LogP contribution < -0.4 is 0 Å².